The highest BCUT2D eigenvalue weighted by Gasteiger charge is 2.32. The van der Waals surface area contributed by atoms with Crippen molar-refractivity contribution < 1.29 is 9.59 Å². The second kappa shape index (κ2) is 8.56. The average Bonchev–Trinajstić information content (AvgIpc) is 3.26. The van der Waals surface area contributed by atoms with Crippen LogP contribution in [0.2, 0.25) is 10.0 Å². The summed E-state index contributed by atoms with van der Waals surface area (Å²) in [4.78, 5) is 32.6. The second-order valence-electron chi connectivity index (χ2n) is 6.58. The van der Waals surface area contributed by atoms with Crippen molar-refractivity contribution in [2.24, 2.45) is 0 Å². The van der Waals surface area contributed by atoms with Crippen LogP contribution in [0.5, 0.6) is 0 Å². The van der Waals surface area contributed by atoms with Gasteiger partial charge in [-0.05, 0) is 31.5 Å². The first-order chi connectivity index (χ1) is 12.8. The number of benzene rings is 1. The summed E-state index contributed by atoms with van der Waals surface area (Å²) in [5.74, 6) is -0.139. The Bertz CT molecular complexity index is 856. The third-order valence-electron chi connectivity index (χ3n) is 4.40. The molecule has 1 aromatic heterocycles. The molecule has 1 fully saturated rings. The molecule has 1 saturated heterocycles. The molecule has 1 N–H and O–H groups in total. The molecule has 2 aromatic rings. The Hall–Kier alpha value is -1.67. The quantitative estimate of drug-likeness (QED) is 0.792. The molecule has 1 aromatic carbocycles. The molecule has 0 saturated carbocycles. The van der Waals surface area contributed by atoms with Gasteiger partial charge in [0.25, 0.3) is 0 Å². The summed E-state index contributed by atoms with van der Waals surface area (Å²) in [7, 11) is 3.47. The summed E-state index contributed by atoms with van der Waals surface area (Å²) in [6, 6.07) is 5.06. The normalized spacial score (nSPS) is 17.1. The predicted molar refractivity (Wildman–Crippen MR) is 109 cm³/mol. The van der Waals surface area contributed by atoms with E-state index in [1.54, 1.807) is 31.1 Å². The summed E-state index contributed by atoms with van der Waals surface area (Å²) in [5, 5.41) is 6.12. The van der Waals surface area contributed by atoms with Crippen LogP contribution in [0.15, 0.2) is 23.6 Å². The summed E-state index contributed by atoms with van der Waals surface area (Å²) in [6.45, 7) is 0.913. The van der Waals surface area contributed by atoms with Crippen LogP contribution in [0.1, 0.15) is 12.8 Å². The zero-order valence-electron chi connectivity index (χ0n) is 15.0. The third kappa shape index (κ3) is 4.79. The monoisotopic (exact) mass is 426 g/mol. The van der Waals surface area contributed by atoms with Crippen LogP contribution in [-0.2, 0) is 9.59 Å². The number of thiazole rings is 1. The number of nitrogens with zero attached hydrogens (tertiary/aromatic N) is 3. The molecule has 1 aliphatic heterocycles. The van der Waals surface area contributed by atoms with E-state index in [4.69, 9.17) is 23.2 Å². The number of likely N-dealkylation sites (N-methyl/N-ethyl adjacent to an activating group) is 1. The van der Waals surface area contributed by atoms with E-state index in [9.17, 15) is 9.59 Å². The van der Waals surface area contributed by atoms with Gasteiger partial charge in [-0.25, -0.2) is 4.98 Å². The highest BCUT2D eigenvalue weighted by Crippen LogP contribution is 2.30. The number of amides is 2. The van der Waals surface area contributed by atoms with Crippen molar-refractivity contribution in [1.29, 1.82) is 0 Å². The lowest BCUT2D eigenvalue weighted by molar-refractivity contribution is -0.133. The molecule has 27 heavy (non-hydrogen) atoms. The summed E-state index contributed by atoms with van der Waals surface area (Å²) in [6.07, 6.45) is 1.69. The van der Waals surface area contributed by atoms with Gasteiger partial charge in [0.2, 0.25) is 11.8 Å². The summed E-state index contributed by atoms with van der Waals surface area (Å²) in [5.41, 5.74) is 1.55. The number of likely N-dealkylation sites (tertiary alicyclic amines) is 1. The van der Waals surface area contributed by atoms with Crippen LogP contribution < -0.4 is 5.32 Å². The fourth-order valence-corrected chi connectivity index (χ4v) is 4.09. The van der Waals surface area contributed by atoms with Gasteiger partial charge in [0.15, 0.2) is 5.13 Å². The summed E-state index contributed by atoms with van der Waals surface area (Å²) >= 11 is 13.3. The van der Waals surface area contributed by atoms with E-state index in [-0.39, 0.29) is 24.4 Å². The van der Waals surface area contributed by atoms with Crippen LogP contribution in [-0.4, -0.2) is 59.8 Å². The fraction of sp³-hybridized carbons (Fsp3) is 0.389. The maximum absolute atomic E-state index is 12.4. The first-order valence-corrected chi connectivity index (χ1v) is 10.1. The standard InChI is InChI=1S/C18H20Cl2N4O2S/c1-23(2)17(26)15-4-3-7-24(15)9-16(25)22-18-21-14(10-27-18)11-5-6-12(19)13(20)8-11/h5-6,8,10,15H,3-4,7,9H2,1-2H3,(H,21,22,25). The van der Waals surface area contributed by atoms with E-state index in [0.29, 0.717) is 15.2 Å². The van der Waals surface area contributed by atoms with Crippen molar-refractivity contribution in [3.05, 3.63) is 33.6 Å². The van der Waals surface area contributed by atoms with Gasteiger partial charge in [-0.1, -0.05) is 29.3 Å². The van der Waals surface area contributed by atoms with Gasteiger partial charge >= 0.3 is 0 Å². The largest absolute Gasteiger partial charge is 0.347 e. The number of nitrogens with one attached hydrogen (secondary N) is 1. The zero-order valence-corrected chi connectivity index (χ0v) is 17.4. The SMILES string of the molecule is CN(C)C(=O)C1CCCN1CC(=O)Nc1nc(-c2ccc(Cl)c(Cl)c2)cs1. The molecule has 6 nitrogen and oxygen atoms in total. The van der Waals surface area contributed by atoms with Gasteiger partial charge in [0, 0.05) is 25.0 Å². The third-order valence-corrected chi connectivity index (χ3v) is 5.90. The van der Waals surface area contributed by atoms with Crippen molar-refractivity contribution in [2.45, 2.75) is 18.9 Å². The topological polar surface area (TPSA) is 65.5 Å². The molecule has 9 heteroatoms. The Morgan fingerprint density at radius 1 is 1.33 bits per heavy atom. The Kier molecular flexibility index (Phi) is 6.37. The molecular formula is C18H20Cl2N4O2S. The highest BCUT2D eigenvalue weighted by atomic mass is 35.5. The van der Waals surface area contributed by atoms with Crippen LogP contribution >= 0.6 is 34.5 Å². The number of aromatic nitrogens is 1. The van der Waals surface area contributed by atoms with E-state index >= 15 is 0 Å². The van der Waals surface area contributed by atoms with Crippen molar-refractivity contribution in [3.8, 4) is 11.3 Å². The fourth-order valence-electron chi connectivity index (χ4n) is 3.06. The number of rotatable bonds is 5. The Morgan fingerprint density at radius 2 is 2.11 bits per heavy atom. The molecule has 144 valence electrons. The van der Waals surface area contributed by atoms with Crippen LogP contribution in [0.4, 0.5) is 5.13 Å². The van der Waals surface area contributed by atoms with Gasteiger partial charge < -0.3 is 10.2 Å². The molecule has 0 radical (unpaired) electrons. The number of hydrogen-bond donors (Lipinski definition) is 1. The minimum atomic E-state index is -0.228. The first-order valence-electron chi connectivity index (χ1n) is 8.51. The number of carbonyl (C=O) groups is 2. The summed E-state index contributed by atoms with van der Waals surface area (Å²) < 4.78 is 0. The molecule has 0 aliphatic carbocycles. The van der Waals surface area contributed by atoms with E-state index in [2.05, 4.69) is 10.3 Å². The van der Waals surface area contributed by atoms with Crippen LogP contribution in [0, 0.1) is 0 Å². The van der Waals surface area contributed by atoms with Gasteiger partial charge in [-0.2, -0.15) is 0 Å². The van der Waals surface area contributed by atoms with Gasteiger partial charge in [-0.15, -0.1) is 11.3 Å². The molecular weight excluding hydrogens is 407 g/mol. The molecule has 3 rings (SSSR count). The molecule has 1 aliphatic rings. The maximum atomic E-state index is 12.4. The number of anilines is 1. The predicted octanol–water partition coefficient (Wildman–Crippen LogP) is 3.61. The van der Waals surface area contributed by atoms with Gasteiger partial charge in [0.1, 0.15) is 0 Å². The highest BCUT2D eigenvalue weighted by molar-refractivity contribution is 7.14. The molecule has 0 spiro atoms. The Morgan fingerprint density at radius 3 is 2.81 bits per heavy atom. The number of carbonyl (C=O) groups excluding carboxylic acids is 2. The Balaban J connectivity index is 1.62. The second-order valence-corrected chi connectivity index (χ2v) is 8.25. The molecule has 1 unspecified atom stereocenters. The lowest BCUT2D eigenvalue weighted by Gasteiger charge is -2.25. The minimum absolute atomic E-state index is 0.0384. The van der Waals surface area contributed by atoms with E-state index < -0.39 is 0 Å². The number of hydrogen-bond acceptors (Lipinski definition) is 5. The molecule has 2 amide bonds. The van der Waals surface area contributed by atoms with Crippen LogP contribution in [0.3, 0.4) is 0 Å². The smallest absolute Gasteiger partial charge is 0.240 e. The molecule has 2 heterocycles. The maximum Gasteiger partial charge on any atom is 0.240 e. The molecule has 0 bridgehead atoms. The van der Waals surface area contributed by atoms with E-state index in [1.165, 1.54) is 11.3 Å². The van der Waals surface area contributed by atoms with Crippen molar-refractivity contribution in [2.75, 3.05) is 32.5 Å². The van der Waals surface area contributed by atoms with Crippen molar-refractivity contribution >= 4 is 51.5 Å². The average molecular weight is 427 g/mol. The van der Waals surface area contributed by atoms with E-state index in [0.717, 1.165) is 30.6 Å². The van der Waals surface area contributed by atoms with Gasteiger partial charge in [0.05, 0.1) is 28.3 Å². The Labute approximate surface area is 172 Å². The lowest BCUT2D eigenvalue weighted by atomic mass is 10.2. The van der Waals surface area contributed by atoms with Crippen molar-refractivity contribution in [1.82, 2.24) is 14.8 Å². The molecule has 1 atom stereocenters. The first kappa shape index (κ1) is 20.1. The zero-order chi connectivity index (χ0) is 19.6. The number of halogens is 2. The van der Waals surface area contributed by atoms with Crippen molar-refractivity contribution in [3.63, 3.8) is 0 Å². The lowest BCUT2D eigenvalue weighted by Crippen LogP contribution is -2.45. The van der Waals surface area contributed by atoms with E-state index in [1.807, 2.05) is 16.3 Å². The minimum Gasteiger partial charge on any atom is -0.347 e. The van der Waals surface area contributed by atoms with Gasteiger partial charge in [-0.3, -0.25) is 14.5 Å². The van der Waals surface area contributed by atoms with Crippen LogP contribution in [0.25, 0.3) is 11.3 Å².